The zero-order valence-electron chi connectivity index (χ0n) is 16.0. The van der Waals surface area contributed by atoms with Gasteiger partial charge in [0.25, 0.3) is 11.6 Å². The number of carbonyl (C=O) groups is 1. The maximum Gasteiger partial charge on any atom is 0.272 e. The van der Waals surface area contributed by atoms with E-state index in [-0.39, 0.29) is 23.8 Å². The third-order valence-corrected chi connectivity index (χ3v) is 4.69. The van der Waals surface area contributed by atoms with Gasteiger partial charge in [-0.3, -0.25) is 14.9 Å². The van der Waals surface area contributed by atoms with Gasteiger partial charge in [0, 0.05) is 31.3 Å². The molecule has 0 N–H and O–H groups in total. The summed E-state index contributed by atoms with van der Waals surface area (Å²) in [5.74, 6) is 0.288. The quantitative estimate of drug-likeness (QED) is 0.495. The van der Waals surface area contributed by atoms with Gasteiger partial charge in [-0.2, -0.15) is 5.10 Å². The average Bonchev–Trinajstić information content (AvgIpc) is 3.36. The topological polar surface area (TPSA) is 104 Å². The van der Waals surface area contributed by atoms with Crippen LogP contribution >= 0.6 is 0 Å². The molecule has 2 atom stereocenters. The van der Waals surface area contributed by atoms with Crippen molar-refractivity contribution in [2.24, 2.45) is 0 Å². The molecule has 150 valence electrons. The van der Waals surface area contributed by atoms with Gasteiger partial charge in [0.2, 0.25) is 0 Å². The number of non-ortho nitro benzene ring substituents is 1. The third kappa shape index (κ3) is 3.77. The molecule has 3 heterocycles. The average molecular weight is 396 g/mol. The Bertz CT molecular complexity index is 1030. The van der Waals surface area contributed by atoms with Gasteiger partial charge in [-0.1, -0.05) is 6.07 Å². The van der Waals surface area contributed by atoms with E-state index in [0.717, 1.165) is 0 Å². The van der Waals surface area contributed by atoms with Gasteiger partial charge in [-0.25, -0.2) is 4.68 Å². The van der Waals surface area contributed by atoms with Gasteiger partial charge in [0.15, 0.2) is 5.76 Å². The van der Waals surface area contributed by atoms with Crippen molar-refractivity contribution >= 4 is 11.6 Å². The van der Waals surface area contributed by atoms with Crippen LogP contribution in [0.15, 0.2) is 53.1 Å². The number of morpholine rings is 1. The SMILES string of the molecule is CC1CN(C(=O)c2cc(-c3ccco3)nn2-c2cccc([N+](=O)[O-])c2)CC(C)O1. The largest absolute Gasteiger partial charge is 0.463 e. The first-order valence-corrected chi connectivity index (χ1v) is 9.26. The summed E-state index contributed by atoms with van der Waals surface area (Å²) in [4.78, 5) is 25.8. The highest BCUT2D eigenvalue weighted by Gasteiger charge is 2.30. The van der Waals surface area contributed by atoms with Crippen molar-refractivity contribution in [3.63, 3.8) is 0 Å². The van der Waals surface area contributed by atoms with Crippen LogP contribution in [0.2, 0.25) is 0 Å². The summed E-state index contributed by atoms with van der Waals surface area (Å²) < 4.78 is 12.6. The van der Waals surface area contributed by atoms with Crippen LogP contribution in [0.1, 0.15) is 24.3 Å². The molecule has 1 fully saturated rings. The van der Waals surface area contributed by atoms with E-state index in [4.69, 9.17) is 9.15 Å². The molecule has 0 bridgehead atoms. The van der Waals surface area contributed by atoms with Gasteiger partial charge in [-0.15, -0.1) is 0 Å². The lowest BCUT2D eigenvalue weighted by Gasteiger charge is -2.35. The molecule has 1 aromatic carbocycles. The fraction of sp³-hybridized carbons (Fsp3) is 0.300. The van der Waals surface area contributed by atoms with Crippen LogP contribution in [0, 0.1) is 10.1 Å². The molecule has 1 aliphatic heterocycles. The second-order valence-corrected chi connectivity index (χ2v) is 7.05. The van der Waals surface area contributed by atoms with Gasteiger partial charge in [-0.05, 0) is 32.0 Å². The Hall–Kier alpha value is -3.46. The summed E-state index contributed by atoms with van der Waals surface area (Å²) in [6.45, 7) is 4.75. The number of hydrogen-bond donors (Lipinski definition) is 0. The van der Waals surface area contributed by atoms with E-state index in [1.54, 1.807) is 35.2 Å². The second-order valence-electron chi connectivity index (χ2n) is 7.05. The number of hydrogen-bond acceptors (Lipinski definition) is 6. The molecule has 0 radical (unpaired) electrons. The van der Waals surface area contributed by atoms with Gasteiger partial charge < -0.3 is 14.1 Å². The number of rotatable bonds is 4. The highest BCUT2D eigenvalue weighted by molar-refractivity contribution is 5.94. The van der Waals surface area contributed by atoms with Crippen LogP contribution in [0.4, 0.5) is 5.69 Å². The molecule has 2 aromatic heterocycles. The summed E-state index contributed by atoms with van der Waals surface area (Å²) in [5.41, 5.74) is 1.12. The molecule has 2 unspecified atom stereocenters. The Morgan fingerprint density at radius 2 is 1.93 bits per heavy atom. The summed E-state index contributed by atoms with van der Waals surface area (Å²) in [5, 5.41) is 15.7. The minimum atomic E-state index is -0.479. The fourth-order valence-electron chi connectivity index (χ4n) is 3.52. The van der Waals surface area contributed by atoms with Crippen LogP contribution in [0.25, 0.3) is 17.1 Å². The first-order chi connectivity index (χ1) is 13.9. The predicted octanol–water partition coefficient (Wildman–Crippen LogP) is 3.29. The zero-order valence-corrected chi connectivity index (χ0v) is 16.0. The second kappa shape index (κ2) is 7.51. The Morgan fingerprint density at radius 1 is 1.17 bits per heavy atom. The van der Waals surface area contributed by atoms with E-state index in [1.165, 1.54) is 23.1 Å². The molecular formula is C20H20N4O5. The van der Waals surface area contributed by atoms with Crippen LogP contribution in [-0.2, 0) is 4.74 Å². The predicted molar refractivity (Wildman–Crippen MR) is 104 cm³/mol. The van der Waals surface area contributed by atoms with Gasteiger partial charge in [0.05, 0.1) is 29.1 Å². The van der Waals surface area contributed by atoms with Crippen molar-refractivity contribution < 1.29 is 18.9 Å². The molecule has 3 aromatic rings. The number of benzene rings is 1. The maximum absolute atomic E-state index is 13.3. The molecule has 4 rings (SSSR count). The van der Waals surface area contributed by atoms with Crippen molar-refractivity contribution in [2.45, 2.75) is 26.1 Å². The Kier molecular flexibility index (Phi) is 4.89. The van der Waals surface area contributed by atoms with E-state index in [9.17, 15) is 14.9 Å². The summed E-state index contributed by atoms with van der Waals surface area (Å²) in [6, 6.07) is 11.1. The van der Waals surface area contributed by atoms with E-state index in [0.29, 0.717) is 35.9 Å². The Morgan fingerprint density at radius 3 is 2.59 bits per heavy atom. The van der Waals surface area contributed by atoms with Crippen molar-refractivity contribution in [2.75, 3.05) is 13.1 Å². The molecular weight excluding hydrogens is 376 g/mol. The Labute approximate surface area is 166 Å². The van der Waals surface area contributed by atoms with Crippen LogP contribution in [-0.4, -0.2) is 50.8 Å². The summed E-state index contributed by atoms with van der Waals surface area (Å²) in [6.07, 6.45) is 1.36. The minimum absolute atomic E-state index is 0.0791. The molecule has 9 heteroatoms. The zero-order chi connectivity index (χ0) is 20.5. The highest BCUT2D eigenvalue weighted by Crippen LogP contribution is 2.25. The highest BCUT2D eigenvalue weighted by atomic mass is 16.6. The van der Waals surface area contributed by atoms with Gasteiger partial charge >= 0.3 is 0 Å². The van der Waals surface area contributed by atoms with E-state index < -0.39 is 4.92 Å². The van der Waals surface area contributed by atoms with Crippen molar-refractivity contribution in [3.05, 3.63) is 64.5 Å². The lowest BCUT2D eigenvalue weighted by molar-refractivity contribution is -0.384. The number of carbonyl (C=O) groups excluding carboxylic acids is 1. The number of nitro groups is 1. The van der Waals surface area contributed by atoms with E-state index in [2.05, 4.69) is 5.10 Å². The normalized spacial score (nSPS) is 19.3. The summed E-state index contributed by atoms with van der Waals surface area (Å²) >= 11 is 0. The fourth-order valence-corrected chi connectivity index (χ4v) is 3.52. The smallest absolute Gasteiger partial charge is 0.272 e. The van der Waals surface area contributed by atoms with E-state index in [1.807, 2.05) is 13.8 Å². The number of amides is 1. The lowest BCUT2D eigenvalue weighted by atomic mass is 10.2. The Balaban J connectivity index is 1.79. The number of nitro benzene ring substituents is 1. The van der Waals surface area contributed by atoms with Crippen LogP contribution < -0.4 is 0 Å². The minimum Gasteiger partial charge on any atom is -0.463 e. The number of furan rings is 1. The molecule has 9 nitrogen and oxygen atoms in total. The number of nitrogens with zero attached hydrogens (tertiary/aromatic N) is 4. The van der Waals surface area contributed by atoms with Crippen LogP contribution in [0.5, 0.6) is 0 Å². The summed E-state index contributed by atoms with van der Waals surface area (Å²) in [7, 11) is 0. The molecule has 1 aliphatic rings. The third-order valence-electron chi connectivity index (χ3n) is 4.69. The molecule has 0 aliphatic carbocycles. The van der Waals surface area contributed by atoms with E-state index >= 15 is 0 Å². The van der Waals surface area contributed by atoms with Crippen molar-refractivity contribution in [1.29, 1.82) is 0 Å². The monoisotopic (exact) mass is 396 g/mol. The molecule has 1 saturated heterocycles. The molecule has 29 heavy (non-hydrogen) atoms. The number of ether oxygens (including phenoxy) is 1. The van der Waals surface area contributed by atoms with Crippen molar-refractivity contribution in [3.8, 4) is 17.1 Å². The lowest BCUT2D eigenvalue weighted by Crippen LogP contribution is -2.48. The van der Waals surface area contributed by atoms with Crippen molar-refractivity contribution in [1.82, 2.24) is 14.7 Å². The standard InChI is InChI=1S/C20H20N4O5/c1-13-11-22(12-14(2)29-13)20(25)18-10-17(19-7-4-8-28-19)21-23(18)15-5-3-6-16(9-15)24(26)27/h3-10,13-14H,11-12H2,1-2H3. The van der Waals surface area contributed by atoms with Gasteiger partial charge in [0.1, 0.15) is 11.4 Å². The van der Waals surface area contributed by atoms with Crippen LogP contribution in [0.3, 0.4) is 0 Å². The maximum atomic E-state index is 13.3. The molecule has 0 spiro atoms. The molecule has 0 saturated carbocycles. The first-order valence-electron chi connectivity index (χ1n) is 9.26. The first kappa shape index (κ1) is 18.9. The number of aromatic nitrogens is 2. The molecule has 1 amide bonds.